The molecule has 0 spiro atoms. The number of methoxy groups -OCH3 is 1. The molecule has 0 atom stereocenters. The van der Waals surface area contributed by atoms with Crippen LogP contribution >= 0.6 is 58.0 Å². The number of ether oxygens (including phenoxy) is 2. The zero-order valence-corrected chi connectivity index (χ0v) is 20.4. The summed E-state index contributed by atoms with van der Waals surface area (Å²) < 4.78 is 11.4. The van der Waals surface area contributed by atoms with E-state index < -0.39 is 0 Å². The monoisotopic (exact) mass is 517 g/mol. The summed E-state index contributed by atoms with van der Waals surface area (Å²) in [6, 6.07) is 14.5. The maximum Gasteiger partial charge on any atom is 0.180 e. The lowest BCUT2D eigenvalue weighted by Crippen LogP contribution is -2.17. The summed E-state index contributed by atoms with van der Waals surface area (Å²) in [5.41, 5.74) is 2.82. The van der Waals surface area contributed by atoms with Crippen LogP contribution in [0.4, 0.5) is 0 Å². The molecule has 1 N–H and O–H groups in total. The molecule has 3 aromatic rings. The van der Waals surface area contributed by atoms with Gasteiger partial charge in [0.1, 0.15) is 6.61 Å². The van der Waals surface area contributed by atoms with Gasteiger partial charge in [-0.15, -0.1) is 0 Å². The van der Waals surface area contributed by atoms with Gasteiger partial charge in [0.2, 0.25) is 0 Å². The first-order valence-electron chi connectivity index (χ1n) is 9.45. The topological polar surface area (TPSA) is 30.5 Å². The first-order chi connectivity index (χ1) is 14.9. The second-order valence-corrected chi connectivity index (χ2v) is 8.89. The number of nitrogens with one attached hydrogen (secondary N) is 1. The number of benzene rings is 3. The molecule has 0 saturated carbocycles. The van der Waals surface area contributed by atoms with Crippen molar-refractivity contribution < 1.29 is 9.47 Å². The average Bonchev–Trinajstić information content (AvgIpc) is 2.72. The Balaban J connectivity index is 1.60. The fourth-order valence-electron chi connectivity index (χ4n) is 2.98. The third-order valence-corrected chi connectivity index (χ3v) is 6.05. The second kappa shape index (κ2) is 11.5. The second-order valence-electron chi connectivity index (χ2n) is 6.80. The molecule has 0 heterocycles. The molecule has 0 bridgehead atoms. The van der Waals surface area contributed by atoms with Crippen LogP contribution in [0.15, 0.2) is 48.5 Å². The van der Waals surface area contributed by atoms with Gasteiger partial charge in [0.05, 0.1) is 12.1 Å². The summed E-state index contributed by atoms with van der Waals surface area (Å²) in [4.78, 5) is 0. The van der Waals surface area contributed by atoms with E-state index in [1.54, 1.807) is 25.3 Å². The highest BCUT2D eigenvalue weighted by molar-refractivity contribution is 6.35. The first kappa shape index (κ1) is 24.3. The molecule has 0 amide bonds. The van der Waals surface area contributed by atoms with Gasteiger partial charge in [-0.3, -0.25) is 0 Å². The Kier molecular flexibility index (Phi) is 9.03. The molecule has 0 aliphatic rings. The van der Waals surface area contributed by atoms with Crippen LogP contribution in [0, 0.1) is 0 Å². The van der Waals surface area contributed by atoms with Crippen LogP contribution in [-0.4, -0.2) is 13.7 Å². The number of halogens is 5. The van der Waals surface area contributed by atoms with Crippen LogP contribution in [-0.2, 0) is 19.6 Å². The summed E-state index contributed by atoms with van der Waals surface area (Å²) >= 11 is 30.8. The largest absolute Gasteiger partial charge is 0.493 e. The molecule has 3 aromatic carbocycles. The summed E-state index contributed by atoms with van der Waals surface area (Å²) in [5.74, 6) is 1.02. The summed E-state index contributed by atoms with van der Waals surface area (Å²) in [6.07, 6.45) is 0.782. The van der Waals surface area contributed by atoms with Crippen molar-refractivity contribution in [2.75, 3.05) is 13.7 Å². The van der Waals surface area contributed by atoms with Crippen LogP contribution in [0.5, 0.6) is 11.5 Å². The van der Waals surface area contributed by atoms with Crippen molar-refractivity contribution in [1.82, 2.24) is 5.32 Å². The fraction of sp³-hybridized carbons (Fsp3) is 0.217. The maximum atomic E-state index is 6.47. The Morgan fingerprint density at radius 1 is 0.774 bits per heavy atom. The lowest BCUT2D eigenvalue weighted by molar-refractivity contribution is 0.284. The van der Waals surface area contributed by atoms with E-state index in [2.05, 4.69) is 5.32 Å². The van der Waals surface area contributed by atoms with Gasteiger partial charge in [-0.1, -0.05) is 70.1 Å². The summed E-state index contributed by atoms with van der Waals surface area (Å²) in [5, 5.41) is 6.24. The molecule has 0 radical (unpaired) electrons. The quantitative estimate of drug-likeness (QED) is 0.292. The highest BCUT2D eigenvalue weighted by atomic mass is 35.5. The van der Waals surface area contributed by atoms with E-state index >= 15 is 0 Å². The molecular formula is C23H20Cl5NO2. The molecule has 31 heavy (non-hydrogen) atoms. The third-order valence-electron chi connectivity index (χ3n) is 4.59. The maximum absolute atomic E-state index is 6.47. The normalized spacial score (nSPS) is 10.9. The van der Waals surface area contributed by atoms with Gasteiger partial charge < -0.3 is 14.8 Å². The summed E-state index contributed by atoms with van der Waals surface area (Å²) in [6.45, 7) is 1.60. The standard InChI is InChI=1S/C23H20Cl5NO2/c1-30-22-9-14(12-29-7-6-15-2-4-17(24)10-19(15)26)8-21(28)23(22)31-13-16-3-5-18(25)11-20(16)27/h2-5,8-11,29H,6-7,12-13H2,1H3. The third kappa shape index (κ3) is 6.82. The van der Waals surface area contributed by atoms with Crippen molar-refractivity contribution >= 4 is 58.0 Å². The van der Waals surface area contributed by atoms with Crippen molar-refractivity contribution in [3.05, 3.63) is 90.3 Å². The minimum Gasteiger partial charge on any atom is -0.493 e. The predicted octanol–water partition coefficient (Wildman–Crippen LogP) is 7.87. The molecule has 0 saturated heterocycles. The number of rotatable bonds is 9. The van der Waals surface area contributed by atoms with Gasteiger partial charge in [0.25, 0.3) is 0 Å². The van der Waals surface area contributed by atoms with Crippen molar-refractivity contribution in [2.45, 2.75) is 19.6 Å². The van der Waals surface area contributed by atoms with E-state index in [9.17, 15) is 0 Å². The molecule has 164 valence electrons. The SMILES string of the molecule is COc1cc(CNCCc2ccc(Cl)cc2Cl)cc(Cl)c1OCc1ccc(Cl)cc1Cl. The van der Waals surface area contributed by atoms with E-state index in [1.807, 2.05) is 30.3 Å². The van der Waals surface area contributed by atoms with Crippen LogP contribution in [0.25, 0.3) is 0 Å². The molecule has 0 unspecified atom stereocenters. The minimum atomic E-state index is 0.242. The zero-order valence-electron chi connectivity index (χ0n) is 16.7. The Hall–Kier alpha value is -1.33. The van der Waals surface area contributed by atoms with Gasteiger partial charge in [0.15, 0.2) is 11.5 Å². The predicted molar refractivity (Wildman–Crippen MR) is 131 cm³/mol. The Morgan fingerprint density at radius 2 is 1.42 bits per heavy atom. The Bertz CT molecular complexity index is 1060. The molecule has 3 rings (SSSR count). The van der Waals surface area contributed by atoms with Gasteiger partial charge in [-0.05, 0) is 60.5 Å². The molecule has 8 heteroatoms. The van der Waals surface area contributed by atoms with Gasteiger partial charge >= 0.3 is 0 Å². The zero-order chi connectivity index (χ0) is 22.4. The molecule has 0 aliphatic heterocycles. The van der Waals surface area contributed by atoms with Crippen LogP contribution in [0.1, 0.15) is 16.7 Å². The highest BCUT2D eigenvalue weighted by Crippen LogP contribution is 2.37. The van der Waals surface area contributed by atoms with Gasteiger partial charge in [-0.2, -0.15) is 0 Å². The van der Waals surface area contributed by atoms with Crippen LogP contribution in [0.2, 0.25) is 25.1 Å². The lowest BCUT2D eigenvalue weighted by Gasteiger charge is -2.15. The van der Waals surface area contributed by atoms with E-state index in [0.717, 1.165) is 29.7 Å². The Labute approximate surface area is 207 Å². The number of hydrogen-bond acceptors (Lipinski definition) is 3. The van der Waals surface area contributed by atoms with Crippen LogP contribution in [0.3, 0.4) is 0 Å². The average molecular weight is 520 g/mol. The van der Waals surface area contributed by atoms with Crippen molar-refractivity contribution in [3.8, 4) is 11.5 Å². The van der Waals surface area contributed by atoms with E-state index in [1.165, 1.54) is 0 Å². The van der Waals surface area contributed by atoms with Crippen molar-refractivity contribution in [3.63, 3.8) is 0 Å². The highest BCUT2D eigenvalue weighted by Gasteiger charge is 2.13. The molecule has 0 aliphatic carbocycles. The molecule has 3 nitrogen and oxygen atoms in total. The van der Waals surface area contributed by atoms with E-state index in [-0.39, 0.29) is 6.61 Å². The van der Waals surface area contributed by atoms with Crippen LogP contribution < -0.4 is 14.8 Å². The van der Waals surface area contributed by atoms with E-state index in [4.69, 9.17) is 67.5 Å². The molecule has 0 aromatic heterocycles. The number of hydrogen-bond donors (Lipinski definition) is 1. The van der Waals surface area contributed by atoms with E-state index in [0.29, 0.717) is 43.2 Å². The summed E-state index contributed by atoms with van der Waals surface area (Å²) in [7, 11) is 1.58. The van der Waals surface area contributed by atoms with Crippen molar-refractivity contribution in [1.29, 1.82) is 0 Å². The smallest absolute Gasteiger partial charge is 0.180 e. The molecule has 0 fully saturated rings. The minimum absolute atomic E-state index is 0.242. The van der Waals surface area contributed by atoms with Gasteiger partial charge in [-0.25, -0.2) is 0 Å². The van der Waals surface area contributed by atoms with Crippen molar-refractivity contribution in [2.24, 2.45) is 0 Å². The first-order valence-corrected chi connectivity index (χ1v) is 11.3. The van der Waals surface area contributed by atoms with Gasteiger partial charge in [0, 0.05) is 32.2 Å². The molecular weight excluding hydrogens is 500 g/mol. The Morgan fingerprint density at radius 3 is 2.03 bits per heavy atom. The fourth-order valence-corrected chi connectivity index (χ4v) is 4.24. The lowest BCUT2D eigenvalue weighted by atomic mass is 10.1.